The van der Waals surface area contributed by atoms with Crippen molar-refractivity contribution >= 4 is 28.3 Å². The second-order valence-corrected chi connectivity index (χ2v) is 5.76. The van der Waals surface area contributed by atoms with Crippen LogP contribution >= 0.6 is 11.5 Å². The summed E-state index contributed by atoms with van der Waals surface area (Å²) in [6.45, 7) is 8.03. The van der Waals surface area contributed by atoms with E-state index in [0.29, 0.717) is 18.0 Å². The van der Waals surface area contributed by atoms with E-state index in [1.807, 2.05) is 20.8 Å². The number of aromatic nitrogens is 1. The van der Waals surface area contributed by atoms with Gasteiger partial charge in [0.05, 0.1) is 12.7 Å². The number of hydrogen-bond acceptors (Lipinski definition) is 6. The number of nitrogens with one attached hydrogen (secondary N) is 1. The fourth-order valence-electron chi connectivity index (χ4n) is 2.06. The molecule has 106 valence electrons. The Labute approximate surface area is 117 Å². The summed E-state index contributed by atoms with van der Waals surface area (Å²) in [5, 5.41) is 3.71. The highest BCUT2D eigenvalue weighted by Gasteiger charge is 2.26. The lowest BCUT2D eigenvalue weighted by Crippen LogP contribution is -2.42. The SMILES string of the molecule is CC(C)NC(=O)c1c(N)nsc1N1CCOC(C)C1. The minimum Gasteiger partial charge on any atom is -0.382 e. The van der Waals surface area contributed by atoms with Gasteiger partial charge in [0.15, 0.2) is 5.82 Å². The van der Waals surface area contributed by atoms with Crippen LogP contribution in [-0.4, -0.2) is 42.1 Å². The van der Waals surface area contributed by atoms with Crippen LogP contribution in [0.25, 0.3) is 0 Å². The summed E-state index contributed by atoms with van der Waals surface area (Å²) >= 11 is 1.27. The average Bonchev–Trinajstić information content (AvgIpc) is 2.70. The molecule has 0 aliphatic carbocycles. The summed E-state index contributed by atoms with van der Waals surface area (Å²) in [5.41, 5.74) is 6.33. The molecule has 1 aromatic heterocycles. The molecule has 1 saturated heterocycles. The zero-order valence-electron chi connectivity index (χ0n) is 11.5. The van der Waals surface area contributed by atoms with Crippen molar-refractivity contribution in [1.82, 2.24) is 9.69 Å². The Kier molecular flexibility index (Phi) is 4.26. The first kappa shape index (κ1) is 14.1. The Balaban J connectivity index is 2.24. The third-order valence-corrected chi connectivity index (χ3v) is 3.80. The van der Waals surface area contributed by atoms with E-state index in [4.69, 9.17) is 10.5 Å². The molecule has 6 nitrogen and oxygen atoms in total. The first-order valence-electron chi connectivity index (χ1n) is 6.41. The third kappa shape index (κ3) is 3.16. The minimum atomic E-state index is -0.157. The summed E-state index contributed by atoms with van der Waals surface area (Å²) in [5.74, 6) is 0.146. The average molecular weight is 284 g/mol. The zero-order valence-corrected chi connectivity index (χ0v) is 12.3. The van der Waals surface area contributed by atoms with Crippen molar-refractivity contribution in [1.29, 1.82) is 0 Å². The van der Waals surface area contributed by atoms with Crippen LogP contribution in [0.2, 0.25) is 0 Å². The molecule has 1 aliphatic rings. The van der Waals surface area contributed by atoms with E-state index in [2.05, 4.69) is 14.6 Å². The van der Waals surface area contributed by atoms with Gasteiger partial charge in [-0.2, -0.15) is 4.37 Å². The quantitative estimate of drug-likeness (QED) is 0.868. The maximum atomic E-state index is 12.2. The Bertz CT molecular complexity index is 461. The first-order chi connectivity index (χ1) is 8.99. The van der Waals surface area contributed by atoms with Gasteiger partial charge in [0, 0.05) is 19.1 Å². The third-order valence-electron chi connectivity index (χ3n) is 2.88. The molecule has 3 N–H and O–H groups in total. The van der Waals surface area contributed by atoms with E-state index in [-0.39, 0.29) is 18.1 Å². The smallest absolute Gasteiger partial charge is 0.258 e. The second-order valence-electron chi connectivity index (χ2n) is 5.00. The van der Waals surface area contributed by atoms with Gasteiger partial charge < -0.3 is 20.7 Å². The van der Waals surface area contributed by atoms with Crippen LogP contribution in [0.5, 0.6) is 0 Å². The molecule has 2 heterocycles. The van der Waals surface area contributed by atoms with Gasteiger partial charge in [0.25, 0.3) is 5.91 Å². The number of nitrogens with zero attached hydrogens (tertiary/aromatic N) is 2. The van der Waals surface area contributed by atoms with Crippen LogP contribution in [0, 0.1) is 0 Å². The van der Waals surface area contributed by atoms with E-state index in [1.54, 1.807) is 0 Å². The molecule has 1 amide bonds. The number of morpholine rings is 1. The van der Waals surface area contributed by atoms with Crippen LogP contribution < -0.4 is 16.0 Å². The van der Waals surface area contributed by atoms with E-state index >= 15 is 0 Å². The Morgan fingerprint density at radius 3 is 3.00 bits per heavy atom. The van der Waals surface area contributed by atoms with Crippen LogP contribution in [0.4, 0.5) is 10.8 Å². The molecule has 2 rings (SSSR count). The molecule has 1 aromatic rings. The van der Waals surface area contributed by atoms with Crippen molar-refractivity contribution in [3.05, 3.63) is 5.56 Å². The monoisotopic (exact) mass is 284 g/mol. The maximum absolute atomic E-state index is 12.2. The molecular formula is C12H20N4O2S. The molecule has 1 aliphatic heterocycles. The summed E-state index contributed by atoms with van der Waals surface area (Å²) in [6, 6.07) is 0.0725. The van der Waals surface area contributed by atoms with Gasteiger partial charge in [-0.3, -0.25) is 4.79 Å². The van der Waals surface area contributed by atoms with E-state index in [9.17, 15) is 4.79 Å². The second kappa shape index (κ2) is 5.75. The molecule has 7 heteroatoms. The number of carbonyl (C=O) groups is 1. The van der Waals surface area contributed by atoms with Gasteiger partial charge in [0.1, 0.15) is 10.6 Å². The van der Waals surface area contributed by atoms with Crippen molar-refractivity contribution < 1.29 is 9.53 Å². The van der Waals surface area contributed by atoms with Crippen molar-refractivity contribution in [2.24, 2.45) is 0 Å². The number of nitrogens with two attached hydrogens (primary N) is 1. The summed E-state index contributed by atoms with van der Waals surface area (Å²) in [7, 11) is 0. The molecule has 0 aromatic carbocycles. The molecule has 0 saturated carbocycles. The molecule has 1 atom stereocenters. The number of carbonyl (C=O) groups excluding carboxylic acids is 1. The normalized spacial score (nSPS) is 19.8. The van der Waals surface area contributed by atoms with E-state index in [0.717, 1.165) is 18.1 Å². The van der Waals surface area contributed by atoms with Crippen LogP contribution in [0.15, 0.2) is 0 Å². The van der Waals surface area contributed by atoms with E-state index in [1.165, 1.54) is 11.5 Å². The van der Waals surface area contributed by atoms with Gasteiger partial charge in [-0.25, -0.2) is 0 Å². The Hall–Kier alpha value is -1.34. The fraction of sp³-hybridized carbons (Fsp3) is 0.667. The summed E-state index contributed by atoms with van der Waals surface area (Å²) in [6.07, 6.45) is 0.151. The molecule has 0 radical (unpaired) electrons. The molecule has 0 spiro atoms. The summed E-state index contributed by atoms with van der Waals surface area (Å²) < 4.78 is 9.63. The van der Waals surface area contributed by atoms with Gasteiger partial charge in [-0.05, 0) is 32.3 Å². The van der Waals surface area contributed by atoms with Crippen molar-refractivity contribution in [2.45, 2.75) is 32.9 Å². The van der Waals surface area contributed by atoms with Crippen molar-refractivity contribution in [3.63, 3.8) is 0 Å². The van der Waals surface area contributed by atoms with Crippen LogP contribution in [-0.2, 0) is 4.74 Å². The zero-order chi connectivity index (χ0) is 14.0. The molecule has 1 fully saturated rings. The molecule has 0 bridgehead atoms. The lowest BCUT2D eigenvalue weighted by atomic mass is 10.2. The number of ether oxygens (including phenoxy) is 1. The van der Waals surface area contributed by atoms with Crippen molar-refractivity contribution in [2.75, 3.05) is 30.3 Å². The maximum Gasteiger partial charge on any atom is 0.258 e. The van der Waals surface area contributed by atoms with E-state index < -0.39 is 0 Å². The van der Waals surface area contributed by atoms with Crippen LogP contribution in [0.3, 0.4) is 0 Å². The highest BCUT2D eigenvalue weighted by molar-refractivity contribution is 7.11. The fourth-order valence-corrected chi connectivity index (χ4v) is 2.91. The van der Waals surface area contributed by atoms with Gasteiger partial charge >= 0.3 is 0 Å². The van der Waals surface area contributed by atoms with Crippen molar-refractivity contribution in [3.8, 4) is 0 Å². The Morgan fingerprint density at radius 2 is 2.37 bits per heavy atom. The van der Waals surface area contributed by atoms with Gasteiger partial charge in [-0.1, -0.05) is 0 Å². The number of nitrogen functional groups attached to an aromatic ring is 1. The van der Waals surface area contributed by atoms with Gasteiger partial charge in [-0.15, -0.1) is 0 Å². The number of amides is 1. The standard InChI is InChI=1S/C12H20N4O2S/c1-7(2)14-11(17)9-10(13)15-19-12(9)16-4-5-18-8(3)6-16/h7-8H,4-6H2,1-3H3,(H2,13,15)(H,14,17). The summed E-state index contributed by atoms with van der Waals surface area (Å²) in [4.78, 5) is 14.3. The number of anilines is 2. The molecule has 1 unspecified atom stereocenters. The topological polar surface area (TPSA) is 80.5 Å². The lowest BCUT2D eigenvalue weighted by molar-refractivity contribution is 0.0533. The number of rotatable bonds is 3. The predicted molar refractivity (Wildman–Crippen MR) is 76.8 cm³/mol. The molecular weight excluding hydrogens is 264 g/mol. The number of hydrogen-bond donors (Lipinski definition) is 2. The van der Waals surface area contributed by atoms with Crippen LogP contribution in [0.1, 0.15) is 31.1 Å². The highest BCUT2D eigenvalue weighted by atomic mass is 32.1. The lowest BCUT2D eigenvalue weighted by Gasteiger charge is -2.32. The Morgan fingerprint density at radius 1 is 1.63 bits per heavy atom. The first-order valence-corrected chi connectivity index (χ1v) is 7.19. The highest BCUT2D eigenvalue weighted by Crippen LogP contribution is 2.31. The predicted octanol–water partition coefficient (Wildman–Crippen LogP) is 1.09. The molecule has 19 heavy (non-hydrogen) atoms. The minimum absolute atomic E-state index is 0.0725. The largest absolute Gasteiger partial charge is 0.382 e. The van der Waals surface area contributed by atoms with Gasteiger partial charge in [0.2, 0.25) is 0 Å².